The first-order valence-corrected chi connectivity index (χ1v) is 10.4. The van der Waals surface area contributed by atoms with Crippen LogP contribution in [0.2, 0.25) is 0 Å². The number of methoxy groups -OCH3 is 1. The summed E-state index contributed by atoms with van der Waals surface area (Å²) in [6.07, 6.45) is 0. The molecule has 0 heterocycles. The monoisotopic (exact) mass is 457 g/mol. The normalized spacial score (nSPS) is 10.7. The molecule has 0 bridgehead atoms. The van der Waals surface area contributed by atoms with E-state index in [2.05, 4.69) is 10.1 Å². The first kappa shape index (κ1) is 24.0. The van der Waals surface area contributed by atoms with Crippen LogP contribution in [0.1, 0.15) is 17.3 Å². The first-order valence-electron chi connectivity index (χ1n) is 10.4. The van der Waals surface area contributed by atoms with Crippen LogP contribution >= 0.6 is 0 Å². The molecule has 33 heavy (non-hydrogen) atoms. The van der Waals surface area contributed by atoms with Crippen LogP contribution in [0.4, 0.5) is 14.5 Å². The van der Waals surface area contributed by atoms with E-state index in [0.717, 1.165) is 0 Å². The molecule has 3 rings (SSSR count). The molecule has 1 N–H and O–H groups in total. The van der Waals surface area contributed by atoms with Crippen LogP contribution in [0.15, 0.2) is 66.7 Å². The highest BCUT2D eigenvalue weighted by molar-refractivity contribution is 6.06. The minimum absolute atomic E-state index is 0.00664. The Labute approximate surface area is 191 Å². The standard InChI is InChI=1S/C25H25F2NO5/c1-3-31-14-15-32-22-7-5-4-6-20(22)24(29)28-18-10-13-23(33-25(26)27)21(16-18)17-8-11-19(30-2)12-9-17/h4-13,16,25H,3,14-15H2,1-2H3,(H,28,29). The van der Waals surface area contributed by atoms with E-state index in [-0.39, 0.29) is 5.75 Å². The Morgan fingerprint density at radius 2 is 1.73 bits per heavy atom. The number of benzene rings is 3. The van der Waals surface area contributed by atoms with Crippen molar-refractivity contribution in [2.24, 2.45) is 0 Å². The molecule has 0 unspecified atom stereocenters. The van der Waals surface area contributed by atoms with E-state index >= 15 is 0 Å². The van der Waals surface area contributed by atoms with Crippen molar-refractivity contribution in [3.8, 4) is 28.4 Å². The van der Waals surface area contributed by atoms with Gasteiger partial charge in [-0.15, -0.1) is 0 Å². The largest absolute Gasteiger partial charge is 0.497 e. The van der Waals surface area contributed by atoms with E-state index in [1.165, 1.54) is 19.2 Å². The highest BCUT2D eigenvalue weighted by Crippen LogP contribution is 2.35. The van der Waals surface area contributed by atoms with Crippen molar-refractivity contribution in [2.75, 3.05) is 32.2 Å². The lowest BCUT2D eigenvalue weighted by atomic mass is 10.0. The fourth-order valence-corrected chi connectivity index (χ4v) is 3.14. The maximum absolute atomic E-state index is 12.9. The summed E-state index contributed by atoms with van der Waals surface area (Å²) in [5, 5.41) is 2.80. The molecule has 0 spiro atoms. The predicted octanol–water partition coefficient (Wildman–Crippen LogP) is 5.63. The van der Waals surface area contributed by atoms with Gasteiger partial charge in [0.2, 0.25) is 0 Å². The molecular weight excluding hydrogens is 432 g/mol. The summed E-state index contributed by atoms with van der Waals surface area (Å²) in [6.45, 7) is 0.193. The van der Waals surface area contributed by atoms with Crippen molar-refractivity contribution < 1.29 is 32.5 Å². The molecule has 0 saturated heterocycles. The molecule has 0 aliphatic carbocycles. The molecule has 0 aliphatic heterocycles. The minimum atomic E-state index is -2.98. The van der Waals surface area contributed by atoms with Crippen LogP contribution in [-0.4, -0.2) is 39.4 Å². The van der Waals surface area contributed by atoms with Crippen LogP contribution in [0.5, 0.6) is 17.2 Å². The highest BCUT2D eigenvalue weighted by Gasteiger charge is 2.16. The first-order chi connectivity index (χ1) is 16.0. The molecule has 1 amide bonds. The summed E-state index contributed by atoms with van der Waals surface area (Å²) in [4.78, 5) is 12.9. The van der Waals surface area contributed by atoms with Crippen molar-refractivity contribution in [3.63, 3.8) is 0 Å². The summed E-state index contributed by atoms with van der Waals surface area (Å²) in [5.41, 5.74) is 1.78. The van der Waals surface area contributed by atoms with Gasteiger partial charge in [0, 0.05) is 17.9 Å². The maximum Gasteiger partial charge on any atom is 0.387 e. The molecule has 3 aromatic carbocycles. The van der Waals surface area contributed by atoms with Gasteiger partial charge in [-0.1, -0.05) is 24.3 Å². The fourth-order valence-electron chi connectivity index (χ4n) is 3.14. The van der Waals surface area contributed by atoms with E-state index in [1.54, 1.807) is 54.6 Å². The number of halogens is 2. The van der Waals surface area contributed by atoms with Gasteiger partial charge >= 0.3 is 6.61 Å². The average molecular weight is 457 g/mol. The average Bonchev–Trinajstić information content (AvgIpc) is 2.83. The molecule has 8 heteroatoms. The lowest BCUT2D eigenvalue weighted by molar-refractivity contribution is -0.0494. The predicted molar refractivity (Wildman–Crippen MR) is 121 cm³/mol. The number of ether oxygens (including phenoxy) is 4. The lowest BCUT2D eigenvalue weighted by Gasteiger charge is -2.15. The number of alkyl halides is 2. The highest BCUT2D eigenvalue weighted by atomic mass is 19.3. The van der Waals surface area contributed by atoms with E-state index in [1.807, 2.05) is 6.92 Å². The summed E-state index contributed by atoms with van der Waals surface area (Å²) < 4.78 is 46.6. The van der Waals surface area contributed by atoms with E-state index in [9.17, 15) is 13.6 Å². The zero-order valence-electron chi connectivity index (χ0n) is 18.3. The van der Waals surface area contributed by atoms with Crippen LogP contribution < -0.4 is 19.5 Å². The zero-order chi connectivity index (χ0) is 23.6. The van der Waals surface area contributed by atoms with Gasteiger partial charge in [0.25, 0.3) is 5.91 Å². The molecule has 174 valence electrons. The van der Waals surface area contributed by atoms with Crippen LogP contribution in [0.25, 0.3) is 11.1 Å². The van der Waals surface area contributed by atoms with Crippen molar-refractivity contribution in [1.29, 1.82) is 0 Å². The summed E-state index contributed by atoms with van der Waals surface area (Å²) in [7, 11) is 1.54. The molecule has 0 radical (unpaired) electrons. The summed E-state index contributed by atoms with van der Waals surface area (Å²) >= 11 is 0. The molecule has 0 fully saturated rings. The van der Waals surface area contributed by atoms with Gasteiger partial charge < -0.3 is 24.3 Å². The minimum Gasteiger partial charge on any atom is -0.497 e. The number of para-hydroxylation sites is 1. The number of nitrogens with one attached hydrogen (secondary N) is 1. The van der Waals surface area contributed by atoms with Gasteiger partial charge in [0.15, 0.2) is 0 Å². The number of carbonyl (C=O) groups is 1. The molecule has 3 aromatic rings. The Morgan fingerprint density at radius 1 is 0.970 bits per heavy atom. The third-order valence-corrected chi connectivity index (χ3v) is 4.68. The zero-order valence-corrected chi connectivity index (χ0v) is 18.3. The van der Waals surface area contributed by atoms with E-state index < -0.39 is 12.5 Å². The summed E-state index contributed by atoms with van der Waals surface area (Å²) in [5.74, 6) is 0.640. The number of anilines is 1. The molecule has 0 aromatic heterocycles. The van der Waals surface area contributed by atoms with Crippen LogP contribution in [0.3, 0.4) is 0 Å². The molecule has 0 aliphatic rings. The number of rotatable bonds is 11. The Morgan fingerprint density at radius 3 is 2.42 bits per heavy atom. The van der Waals surface area contributed by atoms with Gasteiger partial charge in [-0.3, -0.25) is 4.79 Å². The SMILES string of the molecule is CCOCCOc1ccccc1C(=O)Nc1ccc(OC(F)F)c(-c2ccc(OC)cc2)c1. The van der Waals surface area contributed by atoms with Crippen molar-refractivity contribution in [3.05, 3.63) is 72.3 Å². The lowest BCUT2D eigenvalue weighted by Crippen LogP contribution is -2.15. The van der Waals surface area contributed by atoms with Gasteiger partial charge in [-0.2, -0.15) is 8.78 Å². The molecule has 6 nitrogen and oxygen atoms in total. The van der Waals surface area contributed by atoms with E-state index in [0.29, 0.717) is 53.7 Å². The Kier molecular flexibility index (Phi) is 8.60. The Balaban J connectivity index is 1.84. The third-order valence-electron chi connectivity index (χ3n) is 4.68. The maximum atomic E-state index is 12.9. The van der Waals surface area contributed by atoms with Gasteiger partial charge in [-0.05, 0) is 55.0 Å². The second-order valence-electron chi connectivity index (χ2n) is 6.81. The van der Waals surface area contributed by atoms with E-state index in [4.69, 9.17) is 14.2 Å². The molecule has 0 saturated carbocycles. The van der Waals surface area contributed by atoms with Gasteiger partial charge in [0.05, 0.1) is 19.3 Å². The molecular formula is C25H25F2NO5. The van der Waals surface area contributed by atoms with Gasteiger partial charge in [-0.25, -0.2) is 0 Å². The van der Waals surface area contributed by atoms with Crippen LogP contribution in [0, 0.1) is 0 Å². The topological polar surface area (TPSA) is 66.0 Å². The Bertz CT molecular complexity index is 1060. The van der Waals surface area contributed by atoms with Crippen LogP contribution in [-0.2, 0) is 4.74 Å². The number of carbonyl (C=O) groups excluding carboxylic acids is 1. The number of amides is 1. The quantitative estimate of drug-likeness (QED) is 0.378. The Hall–Kier alpha value is -3.65. The van der Waals surface area contributed by atoms with Crippen molar-refractivity contribution in [2.45, 2.75) is 13.5 Å². The second kappa shape index (κ2) is 11.8. The molecule has 0 atom stereocenters. The summed E-state index contributed by atoms with van der Waals surface area (Å²) in [6, 6.07) is 18.2. The number of hydrogen-bond acceptors (Lipinski definition) is 5. The van der Waals surface area contributed by atoms with Crippen molar-refractivity contribution >= 4 is 11.6 Å². The third kappa shape index (κ3) is 6.66. The number of hydrogen-bond donors (Lipinski definition) is 1. The smallest absolute Gasteiger partial charge is 0.387 e. The second-order valence-corrected chi connectivity index (χ2v) is 6.81. The van der Waals surface area contributed by atoms with Gasteiger partial charge in [0.1, 0.15) is 23.9 Å². The fraction of sp³-hybridized carbons (Fsp3) is 0.240. The van der Waals surface area contributed by atoms with Crippen molar-refractivity contribution in [1.82, 2.24) is 0 Å².